The zero-order valence-corrected chi connectivity index (χ0v) is 15.1. The highest BCUT2D eigenvalue weighted by Gasteiger charge is 2.18. The molecule has 0 atom stereocenters. The molecule has 0 amide bonds. The Labute approximate surface area is 165 Å². The van der Waals surface area contributed by atoms with Crippen LogP contribution in [0.15, 0.2) is 75.9 Å². The fourth-order valence-corrected chi connectivity index (χ4v) is 3.03. The lowest BCUT2D eigenvalue weighted by molar-refractivity contribution is 0.304. The summed E-state index contributed by atoms with van der Waals surface area (Å²) in [5.41, 5.74) is 1.19. The summed E-state index contributed by atoms with van der Waals surface area (Å²) < 4.78 is 11.4. The van der Waals surface area contributed by atoms with E-state index in [-0.39, 0.29) is 34.8 Å². The highest BCUT2D eigenvalue weighted by Crippen LogP contribution is 2.35. The molecule has 0 aliphatic carbocycles. The van der Waals surface area contributed by atoms with Gasteiger partial charge in [-0.1, -0.05) is 42.5 Å². The van der Waals surface area contributed by atoms with Crippen molar-refractivity contribution in [1.29, 1.82) is 5.26 Å². The Balaban J connectivity index is 1.74. The molecule has 6 heteroatoms. The van der Waals surface area contributed by atoms with Crippen LogP contribution in [0.5, 0.6) is 17.2 Å². The zero-order chi connectivity index (χ0) is 20.4. The largest absolute Gasteiger partial charge is 0.507 e. The van der Waals surface area contributed by atoms with Crippen LogP contribution in [0.3, 0.4) is 0 Å². The molecule has 4 aromatic rings. The monoisotopic (exact) mass is 385 g/mol. The number of hydrogen-bond acceptors (Lipinski definition) is 6. The number of hydrogen-bond donors (Lipinski definition) is 2. The molecule has 29 heavy (non-hydrogen) atoms. The molecule has 2 N–H and O–H groups in total. The Kier molecular flexibility index (Phi) is 4.63. The first-order chi connectivity index (χ1) is 14.1. The van der Waals surface area contributed by atoms with E-state index in [4.69, 9.17) is 14.4 Å². The van der Waals surface area contributed by atoms with Gasteiger partial charge in [-0.15, -0.1) is 0 Å². The van der Waals surface area contributed by atoms with Gasteiger partial charge >= 0.3 is 0 Å². The number of nitriles is 1. The molecule has 3 aromatic carbocycles. The average Bonchev–Trinajstić information content (AvgIpc) is 2.75. The molecular formula is C23H15NO5. The highest BCUT2D eigenvalue weighted by molar-refractivity contribution is 5.88. The Morgan fingerprint density at radius 2 is 1.79 bits per heavy atom. The van der Waals surface area contributed by atoms with Crippen LogP contribution in [0, 0.1) is 11.3 Å². The summed E-state index contributed by atoms with van der Waals surface area (Å²) >= 11 is 0. The van der Waals surface area contributed by atoms with E-state index < -0.39 is 11.2 Å². The zero-order valence-electron chi connectivity index (χ0n) is 15.1. The van der Waals surface area contributed by atoms with Crippen LogP contribution in [-0.2, 0) is 6.61 Å². The van der Waals surface area contributed by atoms with Crippen LogP contribution in [0.1, 0.15) is 11.1 Å². The van der Waals surface area contributed by atoms with Gasteiger partial charge in [0.05, 0.1) is 11.6 Å². The van der Waals surface area contributed by atoms with E-state index in [9.17, 15) is 15.0 Å². The molecule has 0 aliphatic heterocycles. The Bertz CT molecular complexity index is 1300. The summed E-state index contributed by atoms with van der Waals surface area (Å²) in [4.78, 5) is 12.6. The van der Waals surface area contributed by atoms with E-state index in [1.807, 2.05) is 6.07 Å². The lowest BCUT2D eigenvalue weighted by Gasteiger charge is -2.10. The second-order valence-electron chi connectivity index (χ2n) is 6.39. The molecule has 1 aromatic heterocycles. The first kappa shape index (κ1) is 18.1. The van der Waals surface area contributed by atoms with E-state index in [0.717, 1.165) is 5.56 Å². The summed E-state index contributed by atoms with van der Waals surface area (Å²) in [6.45, 7) is 0.161. The number of fused-ring (bicyclic) bond motifs is 1. The third-order valence-corrected chi connectivity index (χ3v) is 4.42. The number of benzene rings is 3. The number of phenolic OH excluding ortho intramolecular Hbond substituents is 1. The van der Waals surface area contributed by atoms with Crippen molar-refractivity contribution in [3.63, 3.8) is 0 Å². The lowest BCUT2D eigenvalue weighted by Crippen LogP contribution is -2.04. The van der Waals surface area contributed by atoms with Crippen molar-refractivity contribution < 1.29 is 19.4 Å². The van der Waals surface area contributed by atoms with E-state index in [1.165, 1.54) is 12.1 Å². The van der Waals surface area contributed by atoms with Crippen molar-refractivity contribution in [3.05, 3.63) is 88.1 Å². The number of aromatic hydroxyl groups is 2. The highest BCUT2D eigenvalue weighted by atomic mass is 16.5. The molecular weight excluding hydrogens is 370 g/mol. The second-order valence-corrected chi connectivity index (χ2v) is 6.39. The number of rotatable bonds is 4. The first-order valence-electron chi connectivity index (χ1n) is 8.77. The molecule has 4 rings (SSSR count). The van der Waals surface area contributed by atoms with Gasteiger partial charge in [0, 0.05) is 17.7 Å². The number of ether oxygens (including phenoxy) is 1. The molecule has 0 spiro atoms. The lowest BCUT2D eigenvalue weighted by atomic mass is 10.1. The quantitative estimate of drug-likeness (QED) is 0.542. The number of nitrogens with zero attached hydrogens (tertiary/aromatic N) is 1. The predicted octanol–water partition coefficient (Wildman–Crippen LogP) is 4.32. The normalized spacial score (nSPS) is 10.6. The Morgan fingerprint density at radius 3 is 2.55 bits per heavy atom. The SMILES string of the molecule is N#Cc1cccc(COc2cc(O)c3c(=O)c(O)c(-c4ccccc4)oc3c2)c1. The fourth-order valence-electron chi connectivity index (χ4n) is 3.03. The maximum Gasteiger partial charge on any atom is 0.238 e. The Hall–Kier alpha value is -4.24. The summed E-state index contributed by atoms with van der Waals surface area (Å²) in [6.07, 6.45) is 0. The maximum absolute atomic E-state index is 12.6. The summed E-state index contributed by atoms with van der Waals surface area (Å²) in [5.74, 6) is -0.625. The summed E-state index contributed by atoms with van der Waals surface area (Å²) in [6, 6.07) is 20.5. The van der Waals surface area contributed by atoms with Crippen LogP contribution >= 0.6 is 0 Å². The van der Waals surface area contributed by atoms with Crippen molar-refractivity contribution in [2.75, 3.05) is 0 Å². The van der Waals surface area contributed by atoms with E-state index >= 15 is 0 Å². The van der Waals surface area contributed by atoms with Crippen molar-refractivity contribution in [1.82, 2.24) is 0 Å². The first-order valence-corrected chi connectivity index (χ1v) is 8.77. The van der Waals surface area contributed by atoms with Gasteiger partial charge in [-0.25, -0.2) is 0 Å². The Morgan fingerprint density at radius 1 is 1.00 bits per heavy atom. The van der Waals surface area contributed by atoms with Crippen LogP contribution in [0.2, 0.25) is 0 Å². The molecule has 0 saturated heterocycles. The minimum atomic E-state index is -0.726. The maximum atomic E-state index is 12.6. The second kappa shape index (κ2) is 7.41. The third kappa shape index (κ3) is 3.49. The third-order valence-electron chi connectivity index (χ3n) is 4.42. The number of phenols is 1. The van der Waals surface area contributed by atoms with E-state index in [1.54, 1.807) is 48.5 Å². The van der Waals surface area contributed by atoms with Crippen LogP contribution in [-0.4, -0.2) is 10.2 Å². The van der Waals surface area contributed by atoms with Gasteiger partial charge in [-0.05, 0) is 17.7 Å². The van der Waals surface area contributed by atoms with Crippen LogP contribution in [0.25, 0.3) is 22.3 Å². The summed E-state index contributed by atoms with van der Waals surface area (Å²) in [5, 5.41) is 29.4. The van der Waals surface area contributed by atoms with Gasteiger partial charge in [-0.3, -0.25) is 4.79 Å². The minimum Gasteiger partial charge on any atom is -0.507 e. The van der Waals surface area contributed by atoms with Gasteiger partial charge in [0.1, 0.15) is 29.1 Å². The van der Waals surface area contributed by atoms with Gasteiger partial charge < -0.3 is 19.4 Å². The molecule has 1 heterocycles. The topological polar surface area (TPSA) is 104 Å². The van der Waals surface area contributed by atoms with Gasteiger partial charge in [-0.2, -0.15) is 5.26 Å². The molecule has 0 unspecified atom stereocenters. The standard InChI is InChI=1S/C23H15NO5/c24-12-14-5-4-6-15(9-14)13-28-17-10-18(25)20-19(11-17)29-23(22(27)21(20)26)16-7-2-1-3-8-16/h1-11,25,27H,13H2. The molecule has 142 valence electrons. The van der Waals surface area contributed by atoms with Crippen LogP contribution in [0.4, 0.5) is 0 Å². The molecule has 0 fully saturated rings. The van der Waals surface area contributed by atoms with Gasteiger partial charge in [0.15, 0.2) is 5.76 Å². The average molecular weight is 385 g/mol. The van der Waals surface area contributed by atoms with Crippen molar-refractivity contribution in [2.45, 2.75) is 6.61 Å². The van der Waals surface area contributed by atoms with E-state index in [2.05, 4.69) is 6.07 Å². The predicted molar refractivity (Wildman–Crippen MR) is 107 cm³/mol. The van der Waals surface area contributed by atoms with Crippen molar-refractivity contribution in [3.8, 4) is 34.6 Å². The fraction of sp³-hybridized carbons (Fsp3) is 0.0435. The molecule has 0 bridgehead atoms. The smallest absolute Gasteiger partial charge is 0.238 e. The van der Waals surface area contributed by atoms with Gasteiger partial charge in [0.2, 0.25) is 11.2 Å². The van der Waals surface area contributed by atoms with Crippen molar-refractivity contribution >= 4 is 11.0 Å². The molecule has 0 aliphatic rings. The van der Waals surface area contributed by atoms with E-state index in [0.29, 0.717) is 11.1 Å². The van der Waals surface area contributed by atoms with Crippen molar-refractivity contribution in [2.24, 2.45) is 0 Å². The van der Waals surface area contributed by atoms with Gasteiger partial charge in [0.25, 0.3) is 0 Å². The molecule has 0 saturated carbocycles. The molecule has 6 nitrogen and oxygen atoms in total. The molecule has 0 radical (unpaired) electrons. The summed E-state index contributed by atoms with van der Waals surface area (Å²) in [7, 11) is 0. The minimum absolute atomic E-state index is 0.0152. The van der Waals surface area contributed by atoms with Crippen LogP contribution < -0.4 is 10.2 Å².